The topological polar surface area (TPSA) is 37.3 Å². The molecule has 0 aliphatic rings. The molecule has 0 saturated carbocycles. The van der Waals surface area contributed by atoms with Gasteiger partial charge in [0.15, 0.2) is 0 Å². The number of halogens is 1. The lowest BCUT2D eigenvalue weighted by molar-refractivity contribution is -0.142. The molecule has 13 heavy (non-hydrogen) atoms. The van der Waals surface area contributed by atoms with Crippen molar-refractivity contribution in [1.29, 1.82) is 0 Å². The number of carboxylic acids is 1. The number of carboxylic acid groups (broad SMARTS) is 1. The van der Waals surface area contributed by atoms with Gasteiger partial charge in [0, 0.05) is 4.43 Å². The maximum atomic E-state index is 11.0. The van der Waals surface area contributed by atoms with E-state index in [0.717, 1.165) is 5.56 Å². The van der Waals surface area contributed by atoms with Crippen molar-refractivity contribution in [2.24, 2.45) is 0 Å². The van der Waals surface area contributed by atoms with Gasteiger partial charge in [-0.15, -0.1) is 0 Å². The highest BCUT2D eigenvalue weighted by Crippen LogP contribution is 2.26. The molecule has 1 N–H and O–H groups in total. The average Bonchev–Trinajstić information content (AvgIpc) is 2.17. The third kappa shape index (κ3) is 2.02. The highest BCUT2D eigenvalue weighted by atomic mass is 127. The van der Waals surface area contributed by atoms with Crippen LogP contribution in [0.5, 0.6) is 0 Å². The van der Waals surface area contributed by atoms with Gasteiger partial charge in [0.1, 0.15) is 0 Å². The molecular weight excluding hydrogens is 279 g/mol. The fraction of sp³-hybridized carbons (Fsp3) is 0.300. The molecule has 0 fully saturated rings. The van der Waals surface area contributed by atoms with Crippen molar-refractivity contribution in [3.05, 3.63) is 35.9 Å². The molecule has 2 nitrogen and oxygen atoms in total. The van der Waals surface area contributed by atoms with Gasteiger partial charge in [0.2, 0.25) is 0 Å². The molecular formula is C10H11IO2. The lowest BCUT2D eigenvalue weighted by Crippen LogP contribution is -2.33. The Hall–Kier alpha value is -0.580. The first kappa shape index (κ1) is 10.5. The zero-order valence-electron chi connectivity index (χ0n) is 7.33. The van der Waals surface area contributed by atoms with Crippen LogP contribution in [0, 0.1) is 0 Å². The van der Waals surface area contributed by atoms with Crippen LogP contribution in [0.3, 0.4) is 0 Å². The van der Waals surface area contributed by atoms with Gasteiger partial charge in [-0.3, -0.25) is 4.79 Å². The van der Waals surface area contributed by atoms with Gasteiger partial charge in [-0.25, -0.2) is 0 Å². The molecule has 1 atom stereocenters. The summed E-state index contributed by atoms with van der Waals surface area (Å²) in [7, 11) is 0. The summed E-state index contributed by atoms with van der Waals surface area (Å²) >= 11 is 2.10. The number of aliphatic carboxylic acids is 1. The minimum Gasteiger partial charge on any atom is -0.481 e. The number of carbonyl (C=O) groups is 1. The van der Waals surface area contributed by atoms with Crippen molar-refractivity contribution >= 4 is 28.6 Å². The molecule has 0 aromatic heterocycles. The monoisotopic (exact) mass is 290 g/mol. The Balaban J connectivity index is 3.11. The van der Waals surface area contributed by atoms with Gasteiger partial charge in [0.25, 0.3) is 0 Å². The standard InChI is InChI=1S/C10H11IO2/c1-10(7-11,9(12)13)8-5-3-2-4-6-8/h2-6H,7H2,1H3,(H,12,13). The molecule has 1 aromatic rings. The second-order valence-electron chi connectivity index (χ2n) is 3.14. The number of benzene rings is 1. The van der Waals surface area contributed by atoms with E-state index in [1.54, 1.807) is 6.92 Å². The van der Waals surface area contributed by atoms with Crippen LogP contribution in [0.15, 0.2) is 30.3 Å². The fourth-order valence-electron chi connectivity index (χ4n) is 1.06. The minimum atomic E-state index is -0.770. The molecule has 0 saturated heterocycles. The number of hydrogen-bond donors (Lipinski definition) is 1. The second-order valence-corrected chi connectivity index (χ2v) is 3.90. The Bertz CT molecular complexity index is 297. The maximum absolute atomic E-state index is 11.0. The number of hydrogen-bond acceptors (Lipinski definition) is 1. The third-order valence-corrected chi connectivity index (χ3v) is 3.68. The molecule has 0 heterocycles. The van der Waals surface area contributed by atoms with Crippen molar-refractivity contribution in [1.82, 2.24) is 0 Å². The van der Waals surface area contributed by atoms with Crippen LogP contribution in [-0.4, -0.2) is 15.5 Å². The van der Waals surface area contributed by atoms with Crippen LogP contribution in [0.4, 0.5) is 0 Å². The van der Waals surface area contributed by atoms with Crippen molar-refractivity contribution in [2.45, 2.75) is 12.3 Å². The Morgan fingerprint density at radius 3 is 2.38 bits per heavy atom. The van der Waals surface area contributed by atoms with E-state index in [-0.39, 0.29) is 0 Å². The van der Waals surface area contributed by atoms with Crippen molar-refractivity contribution in [3.8, 4) is 0 Å². The summed E-state index contributed by atoms with van der Waals surface area (Å²) in [4.78, 5) is 11.0. The SMILES string of the molecule is CC(CI)(C(=O)O)c1ccccc1. The summed E-state index contributed by atoms with van der Waals surface area (Å²) in [6, 6.07) is 9.32. The molecule has 0 bridgehead atoms. The lowest BCUT2D eigenvalue weighted by atomic mass is 9.85. The van der Waals surface area contributed by atoms with Crippen LogP contribution in [-0.2, 0) is 10.2 Å². The van der Waals surface area contributed by atoms with Crippen LogP contribution >= 0.6 is 22.6 Å². The number of alkyl halides is 1. The van der Waals surface area contributed by atoms with E-state index in [4.69, 9.17) is 5.11 Å². The Kier molecular flexibility index (Phi) is 3.30. The zero-order valence-corrected chi connectivity index (χ0v) is 9.48. The predicted octanol–water partition coefficient (Wildman–Crippen LogP) is 2.46. The summed E-state index contributed by atoms with van der Waals surface area (Å²) in [6.45, 7) is 1.75. The van der Waals surface area contributed by atoms with Gasteiger partial charge < -0.3 is 5.11 Å². The van der Waals surface area contributed by atoms with Gasteiger partial charge in [-0.2, -0.15) is 0 Å². The van der Waals surface area contributed by atoms with E-state index in [1.165, 1.54) is 0 Å². The molecule has 1 rings (SSSR count). The summed E-state index contributed by atoms with van der Waals surface area (Å²) in [6.07, 6.45) is 0. The summed E-state index contributed by atoms with van der Waals surface area (Å²) < 4.78 is 0.574. The molecule has 0 aliphatic heterocycles. The van der Waals surface area contributed by atoms with E-state index in [1.807, 2.05) is 30.3 Å². The largest absolute Gasteiger partial charge is 0.481 e. The average molecular weight is 290 g/mol. The van der Waals surface area contributed by atoms with Crippen LogP contribution in [0.1, 0.15) is 12.5 Å². The molecule has 1 aromatic carbocycles. The zero-order chi connectivity index (χ0) is 9.90. The first-order valence-corrected chi connectivity index (χ1v) is 5.48. The normalized spacial score (nSPS) is 14.9. The molecule has 0 radical (unpaired) electrons. The summed E-state index contributed by atoms with van der Waals surface area (Å²) in [5.41, 5.74) is 0.0962. The Labute approximate surface area is 91.1 Å². The quantitative estimate of drug-likeness (QED) is 0.686. The lowest BCUT2D eigenvalue weighted by Gasteiger charge is -2.22. The maximum Gasteiger partial charge on any atom is 0.314 e. The number of rotatable bonds is 3. The molecule has 1 unspecified atom stereocenters. The van der Waals surface area contributed by atoms with E-state index in [0.29, 0.717) is 4.43 Å². The Morgan fingerprint density at radius 2 is 2.00 bits per heavy atom. The first-order chi connectivity index (χ1) is 6.11. The Morgan fingerprint density at radius 1 is 1.46 bits per heavy atom. The fourth-order valence-corrected chi connectivity index (χ4v) is 1.83. The van der Waals surface area contributed by atoms with E-state index in [2.05, 4.69) is 22.6 Å². The molecule has 70 valence electrons. The first-order valence-electron chi connectivity index (χ1n) is 3.96. The van der Waals surface area contributed by atoms with Crippen molar-refractivity contribution in [3.63, 3.8) is 0 Å². The smallest absolute Gasteiger partial charge is 0.314 e. The second kappa shape index (κ2) is 4.09. The van der Waals surface area contributed by atoms with Gasteiger partial charge in [0.05, 0.1) is 5.41 Å². The highest BCUT2D eigenvalue weighted by Gasteiger charge is 2.33. The molecule has 0 aliphatic carbocycles. The van der Waals surface area contributed by atoms with Crippen LogP contribution < -0.4 is 0 Å². The predicted molar refractivity (Wildman–Crippen MR) is 60.3 cm³/mol. The van der Waals surface area contributed by atoms with E-state index < -0.39 is 11.4 Å². The van der Waals surface area contributed by atoms with Gasteiger partial charge in [-0.1, -0.05) is 52.9 Å². The van der Waals surface area contributed by atoms with Crippen molar-refractivity contribution in [2.75, 3.05) is 4.43 Å². The van der Waals surface area contributed by atoms with Crippen LogP contribution in [0.25, 0.3) is 0 Å². The van der Waals surface area contributed by atoms with Gasteiger partial charge >= 0.3 is 5.97 Å². The van der Waals surface area contributed by atoms with Crippen LogP contribution in [0.2, 0.25) is 0 Å². The van der Waals surface area contributed by atoms with E-state index >= 15 is 0 Å². The molecule has 0 amide bonds. The van der Waals surface area contributed by atoms with Gasteiger partial charge in [-0.05, 0) is 12.5 Å². The minimum absolute atomic E-state index is 0.574. The van der Waals surface area contributed by atoms with Crippen molar-refractivity contribution < 1.29 is 9.90 Å². The third-order valence-electron chi connectivity index (χ3n) is 2.15. The summed E-state index contributed by atoms with van der Waals surface area (Å²) in [5.74, 6) is -0.770. The molecule has 0 spiro atoms. The molecule has 3 heteroatoms. The van der Waals surface area contributed by atoms with E-state index in [9.17, 15) is 4.79 Å². The summed E-state index contributed by atoms with van der Waals surface area (Å²) in [5, 5.41) is 9.08. The highest BCUT2D eigenvalue weighted by molar-refractivity contribution is 14.1.